The van der Waals surface area contributed by atoms with Crippen molar-refractivity contribution in [2.24, 2.45) is 11.3 Å². The van der Waals surface area contributed by atoms with Crippen LogP contribution < -0.4 is 0 Å². The zero-order valence-corrected chi connectivity index (χ0v) is 19.2. The number of aryl methyl sites for hydroxylation is 1. The largest absolute Gasteiger partial charge is 0.367 e. The second kappa shape index (κ2) is 7.95. The van der Waals surface area contributed by atoms with Crippen LogP contribution in [-0.2, 0) is 0 Å². The summed E-state index contributed by atoms with van der Waals surface area (Å²) >= 11 is 0. The van der Waals surface area contributed by atoms with Crippen LogP contribution in [0.4, 0.5) is 0 Å². The highest BCUT2D eigenvalue weighted by molar-refractivity contribution is 5.72. The number of fused-ring (bicyclic) bond motifs is 1. The molecule has 2 aromatic carbocycles. The normalized spacial score (nSPS) is 23.7. The van der Waals surface area contributed by atoms with Crippen molar-refractivity contribution in [3.8, 4) is 0 Å². The second-order valence-electron chi connectivity index (χ2n) is 9.78. The summed E-state index contributed by atoms with van der Waals surface area (Å²) in [5.74, 6) is 1.04. The van der Waals surface area contributed by atoms with E-state index >= 15 is 0 Å². The number of rotatable bonds is 4. The summed E-state index contributed by atoms with van der Waals surface area (Å²) in [6.07, 6.45) is 6.05. The molecule has 2 aliphatic rings. The Hall–Kier alpha value is -2.54. The van der Waals surface area contributed by atoms with Gasteiger partial charge in [0.2, 0.25) is 0 Å². The Bertz CT molecular complexity index is 988. The summed E-state index contributed by atoms with van der Waals surface area (Å²) in [4.78, 5) is 2.46. The highest BCUT2D eigenvalue weighted by Gasteiger charge is 2.40. The van der Waals surface area contributed by atoms with Gasteiger partial charge in [0.25, 0.3) is 0 Å². The molecule has 0 N–H and O–H groups in total. The van der Waals surface area contributed by atoms with Gasteiger partial charge in [0.15, 0.2) is 0 Å². The lowest BCUT2D eigenvalue weighted by Crippen LogP contribution is -2.43. The Morgan fingerprint density at radius 2 is 1.70 bits per heavy atom. The first-order valence-electron chi connectivity index (χ1n) is 11.3. The van der Waals surface area contributed by atoms with E-state index in [1.165, 1.54) is 27.8 Å². The third kappa shape index (κ3) is 3.78. The molecule has 2 atom stereocenters. The van der Waals surface area contributed by atoms with Gasteiger partial charge in [0.05, 0.1) is 0 Å². The molecule has 0 saturated carbocycles. The topological polar surface area (TPSA) is 3.24 Å². The van der Waals surface area contributed by atoms with E-state index in [0.29, 0.717) is 11.8 Å². The minimum Gasteiger partial charge on any atom is -0.367 e. The van der Waals surface area contributed by atoms with Gasteiger partial charge >= 0.3 is 0 Å². The van der Waals surface area contributed by atoms with E-state index in [0.717, 1.165) is 25.2 Å². The maximum Gasteiger partial charge on any atom is 0.0369 e. The molecule has 1 aliphatic heterocycles. The van der Waals surface area contributed by atoms with Gasteiger partial charge in [-0.2, -0.15) is 0 Å². The fourth-order valence-electron chi connectivity index (χ4n) is 5.16. The van der Waals surface area contributed by atoms with Gasteiger partial charge in [-0.25, -0.2) is 0 Å². The molecular formula is C29H35N. The van der Waals surface area contributed by atoms with Crippen molar-refractivity contribution < 1.29 is 0 Å². The predicted octanol–water partition coefficient (Wildman–Crippen LogP) is 7.46. The smallest absolute Gasteiger partial charge is 0.0369 e. The lowest BCUT2D eigenvalue weighted by molar-refractivity contribution is 0.239. The van der Waals surface area contributed by atoms with Crippen molar-refractivity contribution in [3.63, 3.8) is 0 Å². The molecule has 1 heteroatoms. The van der Waals surface area contributed by atoms with Gasteiger partial charge in [0.1, 0.15) is 0 Å². The average Bonchev–Trinajstić information content (AvgIpc) is 2.73. The third-order valence-corrected chi connectivity index (χ3v) is 7.15. The van der Waals surface area contributed by atoms with E-state index in [9.17, 15) is 0 Å². The summed E-state index contributed by atoms with van der Waals surface area (Å²) < 4.78 is 0. The molecule has 156 valence electrons. The molecule has 1 heterocycles. The van der Waals surface area contributed by atoms with Gasteiger partial charge < -0.3 is 4.90 Å². The van der Waals surface area contributed by atoms with Gasteiger partial charge in [0, 0.05) is 30.1 Å². The number of benzene rings is 2. The molecule has 2 aromatic rings. The van der Waals surface area contributed by atoms with Crippen LogP contribution in [0.5, 0.6) is 0 Å². The number of nitrogens with zero attached hydrogens (tertiary/aromatic N) is 1. The van der Waals surface area contributed by atoms with Gasteiger partial charge in [-0.1, -0.05) is 106 Å². The SMILES string of the molecule is C=C(c1ccc(C)cc1)N1CC=C2C(C)C(c3ccc(C(C)C)cc3)=CCC2(C)C1. The monoisotopic (exact) mass is 397 g/mol. The zero-order chi connectivity index (χ0) is 21.5. The van der Waals surface area contributed by atoms with E-state index in [1.54, 1.807) is 5.57 Å². The van der Waals surface area contributed by atoms with E-state index in [-0.39, 0.29) is 5.41 Å². The Morgan fingerprint density at radius 1 is 1.03 bits per heavy atom. The highest BCUT2D eigenvalue weighted by atomic mass is 15.1. The molecular weight excluding hydrogens is 362 g/mol. The maximum atomic E-state index is 4.43. The van der Waals surface area contributed by atoms with Crippen molar-refractivity contribution in [2.75, 3.05) is 13.1 Å². The van der Waals surface area contributed by atoms with E-state index in [2.05, 4.69) is 107 Å². The van der Waals surface area contributed by atoms with Crippen LogP contribution in [0.1, 0.15) is 62.3 Å². The molecule has 1 nitrogen and oxygen atoms in total. The average molecular weight is 398 g/mol. The first kappa shape index (κ1) is 20.7. The summed E-state index contributed by atoms with van der Waals surface area (Å²) in [5, 5.41) is 0. The van der Waals surface area contributed by atoms with Crippen molar-refractivity contribution in [1.29, 1.82) is 0 Å². The zero-order valence-electron chi connectivity index (χ0n) is 19.2. The summed E-state index contributed by atoms with van der Waals surface area (Å²) in [6, 6.07) is 18.0. The molecule has 0 radical (unpaired) electrons. The van der Waals surface area contributed by atoms with E-state index < -0.39 is 0 Å². The molecule has 2 unspecified atom stereocenters. The molecule has 4 rings (SSSR count). The molecule has 0 amide bonds. The van der Waals surface area contributed by atoms with Crippen LogP contribution in [0, 0.1) is 18.3 Å². The standard InChI is InChI=1S/C29H35N/c1-20(2)24-11-13-26(14-12-24)27-15-17-29(6)19-30(18-16-28(29)22(27)4)23(5)25-9-7-21(3)8-10-25/h7-16,20,22H,5,17-19H2,1-4,6H3. The first-order chi connectivity index (χ1) is 14.3. The van der Waals surface area contributed by atoms with Crippen molar-refractivity contribution in [2.45, 2.75) is 47.0 Å². The minimum absolute atomic E-state index is 0.173. The van der Waals surface area contributed by atoms with Crippen LogP contribution in [-0.4, -0.2) is 18.0 Å². The first-order valence-corrected chi connectivity index (χ1v) is 11.3. The molecule has 0 spiro atoms. The van der Waals surface area contributed by atoms with Crippen molar-refractivity contribution in [1.82, 2.24) is 4.90 Å². The van der Waals surface area contributed by atoms with E-state index in [4.69, 9.17) is 0 Å². The third-order valence-electron chi connectivity index (χ3n) is 7.15. The quantitative estimate of drug-likeness (QED) is 0.484. The predicted molar refractivity (Wildman–Crippen MR) is 130 cm³/mol. The summed E-state index contributed by atoms with van der Waals surface area (Å²) in [7, 11) is 0. The summed E-state index contributed by atoms with van der Waals surface area (Å²) in [6.45, 7) is 17.9. The van der Waals surface area contributed by atoms with E-state index in [1.807, 2.05) is 0 Å². The lowest BCUT2D eigenvalue weighted by atomic mass is 9.65. The maximum absolute atomic E-state index is 4.43. The van der Waals surface area contributed by atoms with Gasteiger partial charge in [-0.15, -0.1) is 0 Å². The Balaban J connectivity index is 1.56. The van der Waals surface area contributed by atoms with Gasteiger partial charge in [-0.05, 0) is 41.5 Å². The van der Waals surface area contributed by atoms with Crippen LogP contribution >= 0.6 is 0 Å². The van der Waals surface area contributed by atoms with Crippen LogP contribution in [0.3, 0.4) is 0 Å². The van der Waals surface area contributed by atoms with Crippen LogP contribution in [0.2, 0.25) is 0 Å². The number of hydrogen-bond donors (Lipinski definition) is 0. The molecule has 0 bridgehead atoms. The molecule has 1 aliphatic carbocycles. The van der Waals surface area contributed by atoms with Crippen LogP contribution in [0.15, 0.2) is 72.8 Å². The number of allylic oxidation sites excluding steroid dienone is 2. The minimum atomic E-state index is 0.173. The fraction of sp³-hybridized carbons (Fsp3) is 0.379. The van der Waals surface area contributed by atoms with Crippen LogP contribution in [0.25, 0.3) is 11.3 Å². The lowest BCUT2D eigenvalue weighted by Gasteiger charge is -2.47. The molecule has 30 heavy (non-hydrogen) atoms. The molecule has 0 fully saturated rings. The van der Waals surface area contributed by atoms with Crippen molar-refractivity contribution in [3.05, 3.63) is 95.1 Å². The van der Waals surface area contributed by atoms with Gasteiger partial charge in [-0.3, -0.25) is 0 Å². The second-order valence-corrected chi connectivity index (χ2v) is 9.78. The summed E-state index contributed by atoms with van der Waals surface area (Å²) in [5.41, 5.74) is 9.70. The number of hydrogen-bond acceptors (Lipinski definition) is 1. The van der Waals surface area contributed by atoms with Crippen molar-refractivity contribution >= 4 is 11.3 Å². The fourth-order valence-corrected chi connectivity index (χ4v) is 5.16. The Morgan fingerprint density at radius 3 is 2.33 bits per heavy atom. The molecule has 0 aromatic heterocycles. The Kier molecular flexibility index (Phi) is 5.49. The highest BCUT2D eigenvalue weighted by Crippen LogP contribution is 2.49. The molecule has 0 saturated heterocycles. The Labute approximate surface area is 182 Å².